The van der Waals surface area contributed by atoms with Crippen molar-refractivity contribution < 1.29 is 14.3 Å². The third kappa shape index (κ3) is 4.86. The molecule has 1 aromatic heterocycles. The lowest BCUT2D eigenvalue weighted by Crippen LogP contribution is -2.43. The first-order chi connectivity index (χ1) is 10.7. The lowest BCUT2D eigenvalue weighted by molar-refractivity contribution is -0.147. The summed E-state index contributed by atoms with van der Waals surface area (Å²) in [6.45, 7) is 0.776. The Morgan fingerprint density at radius 2 is 2.14 bits per heavy atom. The molecule has 0 spiro atoms. The molecular weight excluding hydrogens is 282 g/mol. The molecule has 1 aliphatic rings. The van der Waals surface area contributed by atoms with Crippen LogP contribution in [0.3, 0.4) is 0 Å². The van der Waals surface area contributed by atoms with Gasteiger partial charge in [0.2, 0.25) is 5.91 Å². The van der Waals surface area contributed by atoms with Crippen LogP contribution in [0.4, 0.5) is 0 Å². The fourth-order valence-electron chi connectivity index (χ4n) is 3.03. The molecule has 122 valence electrons. The van der Waals surface area contributed by atoms with E-state index >= 15 is 0 Å². The Hall–Kier alpha value is -1.85. The number of imidazole rings is 1. The number of aryl methyl sites for hydroxylation is 1. The third-order valence-corrected chi connectivity index (χ3v) is 4.25. The monoisotopic (exact) mass is 307 g/mol. The zero-order valence-corrected chi connectivity index (χ0v) is 13.2. The Morgan fingerprint density at radius 1 is 1.32 bits per heavy atom. The average molecular weight is 307 g/mol. The molecular formula is C16H25N3O3. The molecule has 1 heterocycles. The second-order valence-electron chi connectivity index (χ2n) is 5.85. The highest BCUT2D eigenvalue weighted by molar-refractivity contribution is 5.78. The summed E-state index contributed by atoms with van der Waals surface area (Å²) in [7, 11) is 1.41. The standard InChI is InChI=1S/C16H25N3O3/c1-22-16(21)13-6-3-2-4-7-14(13)18-15(20)8-5-10-19-11-9-17-12-19/h9,11-14H,2-8,10H2,1H3,(H,18,20). The van der Waals surface area contributed by atoms with Crippen molar-refractivity contribution in [2.75, 3.05) is 7.11 Å². The highest BCUT2D eigenvalue weighted by atomic mass is 16.5. The van der Waals surface area contributed by atoms with E-state index < -0.39 is 0 Å². The van der Waals surface area contributed by atoms with Gasteiger partial charge in [-0.15, -0.1) is 0 Å². The number of amides is 1. The summed E-state index contributed by atoms with van der Waals surface area (Å²) in [4.78, 5) is 28.0. The summed E-state index contributed by atoms with van der Waals surface area (Å²) in [5, 5.41) is 3.04. The van der Waals surface area contributed by atoms with Crippen LogP contribution in [0.1, 0.15) is 44.9 Å². The number of hydrogen-bond acceptors (Lipinski definition) is 4. The predicted molar refractivity (Wildman–Crippen MR) is 82.0 cm³/mol. The molecule has 6 nitrogen and oxygen atoms in total. The summed E-state index contributed by atoms with van der Waals surface area (Å²) < 4.78 is 6.84. The summed E-state index contributed by atoms with van der Waals surface area (Å²) in [5.74, 6) is -0.392. The van der Waals surface area contributed by atoms with Gasteiger partial charge >= 0.3 is 5.97 Å². The second-order valence-corrected chi connectivity index (χ2v) is 5.85. The molecule has 0 radical (unpaired) electrons. The maximum absolute atomic E-state index is 12.1. The maximum Gasteiger partial charge on any atom is 0.310 e. The van der Waals surface area contributed by atoms with Crippen LogP contribution < -0.4 is 5.32 Å². The largest absolute Gasteiger partial charge is 0.469 e. The molecule has 1 N–H and O–H groups in total. The van der Waals surface area contributed by atoms with Crippen LogP contribution in [-0.4, -0.2) is 34.6 Å². The number of nitrogens with zero attached hydrogens (tertiary/aromatic N) is 2. The lowest BCUT2D eigenvalue weighted by Gasteiger charge is -2.24. The molecule has 6 heteroatoms. The van der Waals surface area contributed by atoms with Crippen LogP contribution in [0.15, 0.2) is 18.7 Å². The average Bonchev–Trinajstić information content (AvgIpc) is 2.92. The van der Waals surface area contributed by atoms with Crippen molar-refractivity contribution in [2.24, 2.45) is 5.92 Å². The third-order valence-electron chi connectivity index (χ3n) is 4.25. The normalized spacial score (nSPS) is 21.9. The van der Waals surface area contributed by atoms with Gasteiger partial charge in [0, 0.05) is 31.4 Å². The zero-order valence-electron chi connectivity index (χ0n) is 13.2. The highest BCUT2D eigenvalue weighted by Gasteiger charge is 2.31. The number of hydrogen-bond donors (Lipinski definition) is 1. The second kappa shape index (κ2) is 8.56. The zero-order chi connectivity index (χ0) is 15.8. The van der Waals surface area contributed by atoms with Gasteiger partial charge in [-0.2, -0.15) is 0 Å². The molecule has 1 aliphatic carbocycles. The van der Waals surface area contributed by atoms with Crippen LogP contribution in [0.25, 0.3) is 0 Å². The van der Waals surface area contributed by atoms with Gasteiger partial charge < -0.3 is 14.6 Å². The number of ether oxygens (including phenoxy) is 1. The lowest BCUT2D eigenvalue weighted by atomic mass is 9.94. The van der Waals surface area contributed by atoms with E-state index in [1.807, 2.05) is 10.8 Å². The number of nitrogens with one attached hydrogen (secondary N) is 1. The van der Waals surface area contributed by atoms with Crippen molar-refractivity contribution in [1.82, 2.24) is 14.9 Å². The molecule has 1 aromatic rings. The Kier molecular flexibility index (Phi) is 6.43. The Morgan fingerprint density at radius 3 is 2.86 bits per heavy atom. The van der Waals surface area contributed by atoms with Crippen LogP contribution in [0, 0.1) is 5.92 Å². The smallest absolute Gasteiger partial charge is 0.310 e. The first kappa shape index (κ1) is 16.5. The molecule has 2 rings (SSSR count). The molecule has 1 saturated carbocycles. The molecule has 2 unspecified atom stereocenters. The van der Waals surface area contributed by atoms with Gasteiger partial charge in [0.05, 0.1) is 19.4 Å². The van der Waals surface area contributed by atoms with Gasteiger partial charge in [-0.1, -0.05) is 19.3 Å². The van der Waals surface area contributed by atoms with E-state index in [-0.39, 0.29) is 23.8 Å². The molecule has 22 heavy (non-hydrogen) atoms. The van der Waals surface area contributed by atoms with Crippen molar-refractivity contribution in [1.29, 1.82) is 0 Å². The first-order valence-corrected chi connectivity index (χ1v) is 8.03. The van der Waals surface area contributed by atoms with E-state index in [1.165, 1.54) is 7.11 Å². The number of rotatable bonds is 6. The minimum Gasteiger partial charge on any atom is -0.469 e. The van der Waals surface area contributed by atoms with E-state index in [1.54, 1.807) is 12.5 Å². The Bertz CT molecular complexity index is 473. The van der Waals surface area contributed by atoms with Crippen LogP contribution in [0.5, 0.6) is 0 Å². The fraction of sp³-hybridized carbons (Fsp3) is 0.688. The predicted octanol–water partition coefficient (Wildman–Crippen LogP) is 1.90. The van der Waals surface area contributed by atoms with Crippen LogP contribution in [0.2, 0.25) is 0 Å². The summed E-state index contributed by atoms with van der Waals surface area (Å²) in [6, 6.07) is -0.0873. The molecule has 0 aliphatic heterocycles. The van der Waals surface area contributed by atoms with Gasteiger partial charge in [0.25, 0.3) is 0 Å². The maximum atomic E-state index is 12.1. The van der Waals surface area contributed by atoms with Gasteiger partial charge in [-0.25, -0.2) is 4.98 Å². The number of esters is 1. The number of aromatic nitrogens is 2. The molecule has 1 fully saturated rings. The minimum atomic E-state index is -0.204. The van der Waals surface area contributed by atoms with Crippen LogP contribution in [-0.2, 0) is 20.9 Å². The first-order valence-electron chi connectivity index (χ1n) is 8.03. The fourth-order valence-corrected chi connectivity index (χ4v) is 3.03. The van der Waals surface area contributed by atoms with Gasteiger partial charge in [-0.05, 0) is 19.3 Å². The summed E-state index contributed by atoms with van der Waals surface area (Å²) >= 11 is 0. The van der Waals surface area contributed by atoms with E-state index in [2.05, 4.69) is 10.3 Å². The Labute approximate surface area is 131 Å². The molecule has 0 aromatic carbocycles. The summed E-state index contributed by atoms with van der Waals surface area (Å²) in [5.41, 5.74) is 0. The van der Waals surface area contributed by atoms with Crippen molar-refractivity contribution in [3.8, 4) is 0 Å². The number of carbonyl (C=O) groups is 2. The van der Waals surface area contributed by atoms with E-state index in [0.717, 1.165) is 45.1 Å². The summed E-state index contributed by atoms with van der Waals surface area (Å²) in [6.07, 6.45) is 11.4. The van der Waals surface area contributed by atoms with E-state index in [0.29, 0.717) is 6.42 Å². The van der Waals surface area contributed by atoms with E-state index in [9.17, 15) is 9.59 Å². The highest BCUT2D eigenvalue weighted by Crippen LogP contribution is 2.24. The van der Waals surface area contributed by atoms with Crippen molar-refractivity contribution >= 4 is 11.9 Å². The molecule has 0 saturated heterocycles. The number of carbonyl (C=O) groups excluding carboxylic acids is 2. The molecule has 0 bridgehead atoms. The van der Waals surface area contributed by atoms with E-state index in [4.69, 9.17) is 4.74 Å². The van der Waals surface area contributed by atoms with Crippen LogP contribution >= 0.6 is 0 Å². The quantitative estimate of drug-likeness (QED) is 0.643. The topological polar surface area (TPSA) is 73.2 Å². The molecule has 1 amide bonds. The minimum absolute atomic E-state index is 0.0147. The van der Waals surface area contributed by atoms with Crippen molar-refractivity contribution in [3.05, 3.63) is 18.7 Å². The Balaban J connectivity index is 1.80. The van der Waals surface area contributed by atoms with Crippen molar-refractivity contribution in [3.63, 3.8) is 0 Å². The van der Waals surface area contributed by atoms with Crippen molar-refractivity contribution in [2.45, 2.75) is 57.5 Å². The SMILES string of the molecule is COC(=O)C1CCCCCC1NC(=O)CCCn1ccnc1. The van der Waals surface area contributed by atoms with Gasteiger partial charge in [0.15, 0.2) is 0 Å². The number of methoxy groups -OCH3 is 1. The molecule has 2 atom stereocenters. The van der Waals surface area contributed by atoms with Gasteiger partial charge in [0.1, 0.15) is 0 Å². The van der Waals surface area contributed by atoms with Gasteiger partial charge in [-0.3, -0.25) is 9.59 Å².